The Kier molecular flexibility index (Phi) is 2.36. The monoisotopic (exact) mass is 176 g/mol. The molecule has 70 valence electrons. The van der Waals surface area contributed by atoms with Gasteiger partial charge in [0.05, 0.1) is 6.61 Å². The molecule has 1 aromatic carbocycles. The van der Waals surface area contributed by atoms with Crippen LogP contribution in [-0.2, 0) is 4.74 Å². The zero-order chi connectivity index (χ0) is 9.26. The van der Waals surface area contributed by atoms with Gasteiger partial charge in [0, 0.05) is 12.5 Å². The van der Waals surface area contributed by atoms with E-state index in [0.29, 0.717) is 11.8 Å². The molecule has 0 radical (unpaired) electrons. The van der Waals surface area contributed by atoms with Crippen molar-refractivity contribution in [1.82, 2.24) is 0 Å². The van der Waals surface area contributed by atoms with E-state index in [1.165, 1.54) is 11.1 Å². The second kappa shape index (κ2) is 3.51. The summed E-state index contributed by atoms with van der Waals surface area (Å²) in [6.07, 6.45) is 0. The second-order valence-corrected chi connectivity index (χ2v) is 4.03. The van der Waals surface area contributed by atoms with E-state index in [2.05, 4.69) is 38.1 Å². The van der Waals surface area contributed by atoms with E-state index in [9.17, 15) is 0 Å². The first-order chi connectivity index (χ1) is 6.27. The van der Waals surface area contributed by atoms with Gasteiger partial charge in [-0.05, 0) is 18.4 Å². The van der Waals surface area contributed by atoms with Gasteiger partial charge in [0.25, 0.3) is 0 Å². The standard InChI is InChI=1S/C12H16O/c1-9-3-5-11(6-4-9)12-8-13-7-10(12)2/h3-6,10,12H,7-8H2,1-2H3. The Morgan fingerprint density at radius 3 is 2.38 bits per heavy atom. The Bertz CT molecular complexity index is 276. The summed E-state index contributed by atoms with van der Waals surface area (Å²) < 4.78 is 5.45. The number of aryl methyl sites for hydroxylation is 1. The fraction of sp³-hybridized carbons (Fsp3) is 0.500. The lowest BCUT2D eigenvalue weighted by atomic mass is 9.90. The first kappa shape index (κ1) is 8.76. The molecule has 1 nitrogen and oxygen atoms in total. The van der Waals surface area contributed by atoms with Crippen molar-refractivity contribution in [2.75, 3.05) is 13.2 Å². The van der Waals surface area contributed by atoms with Gasteiger partial charge in [-0.1, -0.05) is 36.8 Å². The highest BCUT2D eigenvalue weighted by molar-refractivity contribution is 5.25. The van der Waals surface area contributed by atoms with Gasteiger partial charge in [-0.25, -0.2) is 0 Å². The van der Waals surface area contributed by atoms with E-state index in [4.69, 9.17) is 4.74 Å². The van der Waals surface area contributed by atoms with Crippen molar-refractivity contribution in [2.24, 2.45) is 5.92 Å². The number of benzene rings is 1. The van der Waals surface area contributed by atoms with E-state index in [-0.39, 0.29) is 0 Å². The molecule has 1 saturated heterocycles. The largest absolute Gasteiger partial charge is 0.381 e. The van der Waals surface area contributed by atoms with E-state index >= 15 is 0 Å². The van der Waals surface area contributed by atoms with Crippen molar-refractivity contribution in [3.8, 4) is 0 Å². The van der Waals surface area contributed by atoms with Crippen molar-refractivity contribution in [3.63, 3.8) is 0 Å². The van der Waals surface area contributed by atoms with Crippen LogP contribution in [0.25, 0.3) is 0 Å². The topological polar surface area (TPSA) is 9.23 Å². The Hall–Kier alpha value is -0.820. The molecule has 1 aliphatic rings. The van der Waals surface area contributed by atoms with Crippen LogP contribution in [0.4, 0.5) is 0 Å². The van der Waals surface area contributed by atoms with Gasteiger partial charge in [0.15, 0.2) is 0 Å². The highest BCUT2D eigenvalue weighted by Gasteiger charge is 2.25. The summed E-state index contributed by atoms with van der Waals surface area (Å²) in [4.78, 5) is 0. The van der Waals surface area contributed by atoms with Crippen LogP contribution in [0, 0.1) is 12.8 Å². The van der Waals surface area contributed by atoms with Crippen LogP contribution < -0.4 is 0 Å². The third-order valence-corrected chi connectivity index (χ3v) is 2.87. The molecular weight excluding hydrogens is 160 g/mol. The fourth-order valence-corrected chi connectivity index (χ4v) is 1.90. The van der Waals surface area contributed by atoms with Crippen LogP contribution in [0.15, 0.2) is 24.3 Å². The summed E-state index contributed by atoms with van der Waals surface area (Å²) in [5, 5.41) is 0. The van der Waals surface area contributed by atoms with Crippen molar-refractivity contribution in [1.29, 1.82) is 0 Å². The Morgan fingerprint density at radius 1 is 1.15 bits per heavy atom. The van der Waals surface area contributed by atoms with Gasteiger partial charge in [-0.2, -0.15) is 0 Å². The first-order valence-corrected chi connectivity index (χ1v) is 4.91. The van der Waals surface area contributed by atoms with E-state index in [1.54, 1.807) is 0 Å². The maximum absolute atomic E-state index is 5.45. The number of hydrogen-bond donors (Lipinski definition) is 0. The summed E-state index contributed by atoms with van der Waals surface area (Å²) in [5.41, 5.74) is 2.76. The van der Waals surface area contributed by atoms with Gasteiger partial charge in [-0.3, -0.25) is 0 Å². The Labute approximate surface area is 79.7 Å². The van der Waals surface area contributed by atoms with Gasteiger partial charge in [-0.15, -0.1) is 0 Å². The van der Waals surface area contributed by atoms with Crippen molar-refractivity contribution < 1.29 is 4.74 Å². The van der Waals surface area contributed by atoms with Crippen LogP contribution in [-0.4, -0.2) is 13.2 Å². The predicted molar refractivity (Wildman–Crippen MR) is 53.9 cm³/mol. The Balaban J connectivity index is 2.20. The fourth-order valence-electron chi connectivity index (χ4n) is 1.90. The lowest BCUT2D eigenvalue weighted by molar-refractivity contribution is 0.186. The van der Waals surface area contributed by atoms with Crippen LogP contribution in [0.1, 0.15) is 24.0 Å². The zero-order valence-corrected chi connectivity index (χ0v) is 8.29. The maximum atomic E-state index is 5.45. The normalized spacial score (nSPS) is 27.8. The van der Waals surface area contributed by atoms with Gasteiger partial charge in [0.1, 0.15) is 0 Å². The summed E-state index contributed by atoms with van der Waals surface area (Å²) in [6.45, 7) is 6.19. The number of ether oxygens (including phenoxy) is 1. The molecule has 13 heavy (non-hydrogen) atoms. The first-order valence-electron chi connectivity index (χ1n) is 4.91. The highest BCUT2D eigenvalue weighted by atomic mass is 16.5. The summed E-state index contributed by atoms with van der Waals surface area (Å²) in [6, 6.07) is 8.82. The third kappa shape index (κ3) is 1.75. The Morgan fingerprint density at radius 2 is 1.85 bits per heavy atom. The summed E-state index contributed by atoms with van der Waals surface area (Å²) in [5.74, 6) is 1.28. The van der Waals surface area contributed by atoms with Crippen molar-refractivity contribution in [3.05, 3.63) is 35.4 Å². The predicted octanol–water partition coefficient (Wildman–Crippen LogP) is 2.74. The summed E-state index contributed by atoms with van der Waals surface area (Å²) >= 11 is 0. The molecule has 1 aliphatic heterocycles. The van der Waals surface area contributed by atoms with Crippen LogP contribution in [0.5, 0.6) is 0 Å². The van der Waals surface area contributed by atoms with E-state index in [1.807, 2.05) is 0 Å². The molecule has 0 aliphatic carbocycles. The molecule has 0 aromatic heterocycles. The van der Waals surface area contributed by atoms with Gasteiger partial charge >= 0.3 is 0 Å². The molecular formula is C12H16O. The minimum absolute atomic E-state index is 0.612. The lowest BCUT2D eigenvalue weighted by Crippen LogP contribution is -2.06. The average molecular weight is 176 g/mol. The molecule has 0 amide bonds. The molecule has 0 N–H and O–H groups in total. The molecule has 0 spiro atoms. The van der Waals surface area contributed by atoms with Crippen LogP contribution >= 0.6 is 0 Å². The zero-order valence-electron chi connectivity index (χ0n) is 8.29. The molecule has 1 heteroatoms. The SMILES string of the molecule is Cc1ccc(C2COCC2C)cc1. The minimum atomic E-state index is 0.612. The quantitative estimate of drug-likeness (QED) is 0.639. The van der Waals surface area contributed by atoms with Crippen molar-refractivity contribution in [2.45, 2.75) is 19.8 Å². The second-order valence-electron chi connectivity index (χ2n) is 4.03. The van der Waals surface area contributed by atoms with E-state index in [0.717, 1.165) is 13.2 Å². The van der Waals surface area contributed by atoms with Gasteiger partial charge < -0.3 is 4.74 Å². The third-order valence-electron chi connectivity index (χ3n) is 2.87. The molecule has 2 unspecified atom stereocenters. The van der Waals surface area contributed by atoms with Crippen LogP contribution in [0.2, 0.25) is 0 Å². The summed E-state index contributed by atoms with van der Waals surface area (Å²) in [7, 11) is 0. The van der Waals surface area contributed by atoms with Crippen LogP contribution in [0.3, 0.4) is 0 Å². The minimum Gasteiger partial charge on any atom is -0.381 e. The average Bonchev–Trinajstić information content (AvgIpc) is 2.53. The molecule has 1 fully saturated rings. The molecule has 2 rings (SSSR count). The molecule has 0 saturated carbocycles. The highest BCUT2D eigenvalue weighted by Crippen LogP contribution is 2.30. The molecule has 1 aromatic rings. The van der Waals surface area contributed by atoms with Crippen molar-refractivity contribution >= 4 is 0 Å². The molecule has 2 atom stereocenters. The van der Waals surface area contributed by atoms with Gasteiger partial charge in [0.2, 0.25) is 0 Å². The molecule has 1 heterocycles. The smallest absolute Gasteiger partial charge is 0.0538 e. The number of hydrogen-bond acceptors (Lipinski definition) is 1. The van der Waals surface area contributed by atoms with E-state index < -0.39 is 0 Å². The molecule has 0 bridgehead atoms. The lowest BCUT2D eigenvalue weighted by Gasteiger charge is -2.13. The maximum Gasteiger partial charge on any atom is 0.0538 e. The number of rotatable bonds is 1.